The summed E-state index contributed by atoms with van der Waals surface area (Å²) in [5, 5.41) is 0. The van der Waals surface area contributed by atoms with E-state index in [2.05, 4.69) is 16.0 Å². The first-order chi connectivity index (χ1) is 15.6. The van der Waals surface area contributed by atoms with E-state index in [-0.39, 0.29) is 17.4 Å². The summed E-state index contributed by atoms with van der Waals surface area (Å²) in [6.45, 7) is 3.64. The molecule has 1 aromatic carbocycles. The molecule has 0 spiro atoms. The molecule has 2 aromatic rings. The van der Waals surface area contributed by atoms with Gasteiger partial charge in [0.15, 0.2) is 0 Å². The zero-order valence-electron chi connectivity index (χ0n) is 18.8. The van der Waals surface area contributed by atoms with E-state index in [0.717, 1.165) is 73.7 Å². The maximum atomic E-state index is 13.0. The van der Waals surface area contributed by atoms with Gasteiger partial charge in [-0.2, -0.15) is 0 Å². The zero-order chi connectivity index (χ0) is 22.1. The van der Waals surface area contributed by atoms with E-state index in [1.807, 2.05) is 23.1 Å². The number of methoxy groups -OCH3 is 1. The van der Waals surface area contributed by atoms with Crippen LogP contribution in [-0.2, 0) is 24.3 Å². The molecule has 7 heteroatoms. The van der Waals surface area contributed by atoms with Gasteiger partial charge in [0.25, 0.3) is 5.56 Å². The number of aromatic nitrogens is 2. The van der Waals surface area contributed by atoms with Crippen molar-refractivity contribution < 1.29 is 9.53 Å². The Bertz CT molecular complexity index is 1040. The van der Waals surface area contributed by atoms with Crippen molar-refractivity contribution >= 4 is 5.91 Å². The van der Waals surface area contributed by atoms with Crippen LogP contribution in [0.15, 0.2) is 29.1 Å². The fourth-order valence-corrected chi connectivity index (χ4v) is 5.52. The third-order valence-electron chi connectivity index (χ3n) is 7.34. The molecule has 0 bridgehead atoms. The number of hydrogen-bond acceptors (Lipinski definition) is 5. The summed E-state index contributed by atoms with van der Waals surface area (Å²) in [6, 6.07) is 8.02. The molecule has 1 aromatic heterocycles. The lowest BCUT2D eigenvalue weighted by Gasteiger charge is -2.28. The quantitative estimate of drug-likeness (QED) is 0.780. The number of carbonyl (C=O) groups excluding carboxylic acids is 1. The molecule has 1 atom stereocenters. The van der Waals surface area contributed by atoms with E-state index in [9.17, 15) is 9.59 Å². The van der Waals surface area contributed by atoms with E-state index in [1.165, 1.54) is 12.8 Å². The van der Waals surface area contributed by atoms with Crippen molar-refractivity contribution in [2.75, 3.05) is 26.7 Å². The summed E-state index contributed by atoms with van der Waals surface area (Å²) in [4.78, 5) is 37.9. The van der Waals surface area contributed by atoms with Crippen LogP contribution in [-0.4, -0.2) is 52.4 Å². The average Bonchev–Trinajstić information content (AvgIpc) is 3.52. The number of H-pyrrole nitrogens is 1. The van der Waals surface area contributed by atoms with Crippen LogP contribution in [0.3, 0.4) is 0 Å². The largest absolute Gasteiger partial charge is 0.496 e. The zero-order valence-corrected chi connectivity index (χ0v) is 18.8. The minimum absolute atomic E-state index is 0.0321. The molecule has 170 valence electrons. The van der Waals surface area contributed by atoms with E-state index in [0.29, 0.717) is 19.0 Å². The molecule has 2 aliphatic heterocycles. The van der Waals surface area contributed by atoms with Crippen molar-refractivity contribution in [2.24, 2.45) is 5.92 Å². The Balaban J connectivity index is 1.27. The first-order valence-electron chi connectivity index (χ1n) is 11.9. The van der Waals surface area contributed by atoms with Crippen molar-refractivity contribution in [2.45, 2.75) is 57.5 Å². The lowest BCUT2D eigenvalue weighted by Crippen LogP contribution is -2.36. The molecule has 0 unspecified atom stereocenters. The van der Waals surface area contributed by atoms with Crippen molar-refractivity contribution in [3.05, 3.63) is 57.3 Å². The molecule has 1 aliphatic carbocycles. The van der Waals surface area contributed by atoms with Crippen molar-refractivity contribution in [3.63, 3.8) is 0 Å². The number of para-hydroxylation sites is 1. The second-order valence-electron chi connectivity index (χ2n) is 9.40. The van der Waals surface area contributed by atoms with Crippen LogP contribution >= 0.6 is 0 Å². The predicted molar refractivity (Wildman–Crippen MR) is 122 cm³/mol. The van der Waals surface area contributed by atoms with Crippen molar-refractivity contribution in [1.82, 2.24) is 19.8 Å². The Kier molecular flexibility index (Phi) is 6.00. The first kappa shape index (κ1) is 21.2. The molecule has 32 heavy (non-hydrogen) atoms. The predicted octanol–water partition coefficient (Wildman–Crippen LogP) is 2.84. The first-order valence-corrected chi connectivity index (χ1v) is 11.9. The number of nitrogens with zero attached hydrogens (tertiary/aromatic N) is 3. The average molecular weight is 437 g/mol. The molecule has 1 amide bonds. The van der Waals surface area contributed by atoms with Gasteiger partial charge in [-0.15, -0.1) is 0 Å². The highest BCUT2D eigenvalue weighted by Gasteiger charge is 2.34. The summed E-state index contributed by atoms with van der Waals surface area (Å²) in [6.07, 6.45) is 6.03. The topological polar surface area (TPSA) is 78.5 Å². The lowest BCUT2D eigenvalue weighted by molar-refractivity contribution is -0.134. The van der Waals surface area contributed by atoms with Crippen LogP contribution in [0.5, 0.6) is 5.75 Å². The molecule has 7 nitrogen and oxygen atoms in total. The fourth-order valence-electron chi connectivity index (χ4n) is 5.52. The minimum atomic E-state index is -0.0321. The highest BCUT2D eigenvalue weighted by Crippen LogP contribution is 2.31. The van der Waals surface area contributed by atoms with Crippen LogP contribution in [0.4, 0.5) is 0 Å². The molecule has 3 aliphatic rings. The summed E-state index contributed by atoms with van der Waals surface area (Å²) in [7, 11) is 1.69. The van der Waals surface area contributed by atoms with Gasteiger partial charge in [-0.05, 0) is 25.3 Å². The monoisotopic (exact) mass is 436 g/mol. The maximum Gasteiger partial charge on any atom is 0.255 e. The molecule has 2 fully saturated rings. The van der Waals surface area contributed by atoms with E-state index < -0.39 is 0 Å². The minimum Gasteiger partial charge on any atom is -0.496 e. The summed E-state index contributed by atoms with van der Waals surface area (Å²) >= 11 is 0. The second kappa shape index (κ2) is 9.06. The molecular weight excluding hydrogens is 404 g/mol. The molecule has 5 rings (SSSR count). The number of carbonyl (C=O) groups is 1. The third kappa shape index (κ3) is 4.18. The lowest BCUT2D eigenvalue weighted by atomic mass is 10.0. The number of amides is 1. The van der Waals surface area contributed by atoms with Crippen LogP contribution < -0.4 is 10.3 Å². The fraction of sp³-hybridized carbons (Fsp3) is 0.560. The van der Waals surface area contributed by atoms with Crippen LogP contribution in [0.2, 0.25) is 0 Å². The number of fused-ring (bicyclic) bond motifs is 1. The highest BCUT2D eigenvalue weighted by molar-refractivity contribution is 5.79. The summed E-state index contributed by atoms with van der Waals surface area (Å²) in [5.74, 6) is 2.27. The number of ether oxygens (including phenoxy) is 1. The van der Waals surface area contributed by atoms with Gasteiger partial charge in [-0.3, -0.25) is 14.5 Å². The van der Waals surface area contributed by atoms with Crippen LogP contribution in [0, 0.1) is 5.92 Å². The van der Waals surface area contributed by atoms with Crippen LogP contribution in [0.1, 0.15) is 60.7 Å². The number of benzene rings is 1. The highest BCUT2D eigenvalue weighted by atomic mass is 16.5. The number of rotatable bonds is 5. The second-order valence-corrected chi connectivity index (χ2v) is 9.40. The molecular formula is C25H32N4O3. The van der Waals surface area contributed by atoms with Gasteiger partial charge in [0.2, 0.25) is 5.91 Å². The number of hydrogen-bond donors (Lipinski definition) is 1. The van der Waals surface area contributed by atoms with Gasteiger partial charge in [0.1, 0.15) is 11.6 Å². The standard InChI is InChI=1S/C25H32N4O3/c1-32-22-9-5-4-8-18(22)14-28-12-11-21-20(16-28)24(30)27-23(26-21)19-10-13-29(15-19)25(31)17-6-2-3-7-17/h4-5,8-9,17,19H,2-3,6-7,10-16H2,1H3,(H,26,27,30)/t19-/m0/s1. The van der Waals surface area contributed by atoms with Gasteiger partial charge in [0, 0.05) is 56.5 Å². The Morgan fingerprint density at radius 2 is 2.00 bits per heavy atom. The van der Waals surface area contributed by atoms with E-state index >= 15 is 0 Å². The van der Waals surface area contributed by atoms with Gasteiger partial charge >= 0.3 is 0 Å². The summed E-state index contributed by atoms with van der Waals surface area (Å²) in [5.41, 5.74) is 2.78. The number of aromatic amines is 1. The van der Waals surface area contributed by atoms with Crippen molar-refractivity contribution in [3.8, 4) is 5.75 Å². The Hall–Kier alpha value is -2.67. The van der Waals surface area contributed by atoms with Gasteiger partial charge < -0.3 is 14.6 Å². The molecule has 1 N–H and O–H groups in total. The Morgan fingerprint density at radius 3 is 2.81 bits per heavy atom. The van der Waals surface area contributed by atoms with Crippen molar-refractivity contribution in [1.29, 1.82) is 0 Å². The maximum absolute atomic E-state index is 13.0. The number of nitrogens with one attached hydrogen (secondary N) is 1. The normalized spacial score (nSPS) is 21.7. The molecule has 3 heterocycles. The molecule has 1 saturated heterocycles. The third-order valence-corrected chi connectivity index (χ3v) is 7.34. The van der Waals surface area contributed by atoms with E-state index in [1.54, 1.807) is 7.11 Å². The Morgan fingerprint density at radius 1 is 1.19 bits per heavy atom. The van der Waals surface area contributed by atoms with Crippen LogP contribution in [0.25, 0.3) is 0 Å². The Labute approximate surface area is 188 Å². The van der Waals surface area contributed by atoms with Gasteiger partial charge in [0.05, 0.1) is 18.4 Å². The van der Waals surface area contributed by atoms with E-state index in [4.69, 9.17) is 9.72 Å². The molecule has 1 saturated carbocycles. The SMILES string of the molecule is COc1ccccc1CN1CCc2nc([C@H]3CCN(C(=O)C4CCCC4)C3)[nH]c(=O)c2C1. The smallest absolute Gasteiger partial charge is 0.255 e. The molecule has 0 radical (unpaired) electrons. The number of likely N-dealkylation sites (tertiary alicyclic amines) is 1. The van der Waals surface area contributed by atoms with Gasteiger partial charge in [-0.1, -0.05) is 31.0 Å². The summed E-state index contributed by atoms with van der Waals surface area (Å²) < 4.78 is 5.48. The van der Waals surface area contributed by atoms with Gasteiger partial charge in [-0.25, -0.2) is 4.98 Å².